The SMILES string of the molecule is O=C(O)C=Cc1ccc(OC(=O)C=Cc2ccc(OS(=O)(=O)O)cc2)cc1. The molecule has 2 aromatic rings. The van der Waals surface area contributed by atoms with Crippen LogP contribution in [-0.4, -0.2) is 30.0 Å². The van der Waals surface area contributed by atoms with Gasteiger partial charge in [0.25, 0.3) is 0 Å². The first-order valence-corrected chi connectivity index (χ1v) is 8.76. The van der Waals surface area contributed by atoms with Gasteiger partial charge in [0.2, 0.25) is 0 Å². The number of carboxylic acids is 1. The van der Waals surface area contributed by atoms with E-state index in [2.05, 4.69) is 4.18 Å². The van der Waals surface area contributed by atoms with Gasteiger partial charge in [0.15, 0.2) is 0 Å². The Morgan fingerprint density at radius 3 is 1.78 bits per heavy atom. The molecule has 2 aromatic carbocycles. The molecule has 8 nitrogen and oxygen atoms in total. The third-order valence-electron chi connectivity index (χ3n) is 3.01. The summed E-state index contributed by atoms with van der Waals surface area (Å²) in [5.41, 5.74) is 1.21. The quantitative estimate of drug-likeness (QED) is 0.320. The summed E-state index contributed by atoms with van der Waals surface area (Å²) in [7, 11) is -4.59. The van der Waals surface area contributed by atoms with E-state index in [1.54, 1.807) is 12.1 Å². The summed E-state index contributed by atoms with van der Waals surface area (Å²) < 4.78 is 39.1. The van der Waals surface area contributed by atoms with Gasteiger partial charge in [-0.25, -0.2) is 9.59 Å². The molecule has 0 aliphatic rings. The fraction of sp³-hybridized carbons (Fsp3) is 0. The number of carbonyl (C=O) groups is 2. The highest BCUT2D eigenvalue weighted by molar-refractivity contribution is 7.81. The number of benzene rings is 2. The molecule has 27 heavy (non-hydrogen) atoms. The Morgan fingerprint density at radius 2 is 1.30 bits per heavy atom. The first kappa shape index (κ1) is 19.9. The maximum atomic E-state index is 11.8. The van der Waals surface area contributed by atoms with Crippen molar-refractivity contribution in [2.45, 2.75) is 0 Å². The van der Waals surface area contributed by atoms with E-state index >= 15 is 0 Å². The molecule has 0 aromatic heterocycles. The van der Waals surface area contributed by atoms with Crippen LogP contribution in [0.25, 0.3) is 12.2 Å². The van der Waals surface area contributed by atoms with Crippen molar-refractivity contribution in [2.75, 3.05) is 0 Å². The standard InChI is InChI=1S/C18H14O8S/c19-17(20)11-5-13-1-7-15(8-2-13)25-18(21)12-6-14-3-9-16(10-4-14)26-27(22,23)24/h1-12H,(H,19,20)(H,22,23,24). The number of rotatable bonds is 7. The van der Waals surface area contributed by atoms with E-state index in [9.17, 15) is 18.0 Å². The molecular formula is C18H14O8S. The maximum Gasteiger partial charge on any atom is 0.446 e. The second-order valence-electron chi connectivity index (χ2n) is 5.08. The Hall–Kier alpha value is -3.43. The van der Waals surface area contributed by atoms with Crippen LogP contribution in [0.1, 0.15) is 11.1 Å². The third-order valence-corrected chi connectivity index (χ3v) is 3.41. The van der Waals surface area contributed by atoms with Gasteiger partial charge >= 0.3 is 22.3 Å². The summed E-state index contributed by atoms with van der Waals surface area (Å²) in [4.78, 5) is 22.2. The lowest BCUT2D eigenvalue weighted by Gasteiger charge is -2.02. The third kappa shape index (κ3) is 7.55. The van der Waals surface area contributed by atoms with E-state index < -0.39 is 22.3 Å². The normalized spacial score (nSPS) is 11.6. The Labute approximate surface area is 154 Å². The first-order valence-electron chi connectivity index (χ1n) is 7.39. The fourth-order valence-corrected chi connectivity index (χ4v) is 2.24. The number of carboxylic acid groups (broad SMARTS) is 1. The summed E-state index contributed by atoms with van der Waals surface area (Å²) in [6.45, 7) is 0. The van der Waals surface area contributed by atoms with Gasteiger partial charge in [-0.2, -0.15) is 8.42 Å². The van der Waals surface area contributed by atoms with Crippen LogP contribution in [0.2, 0.25) is 0 Å². The molecule has 9 heteroatoms. The van der Waals surface area contributed by atoms with Gasteiger partial charge in [0, 0.05) is 12.2 Å². The van der Waals surface area contributed by atoms with Crippen molar-refractivity contribution in [1.82, 2.24) is 0 Å². The Balaban J connectivity index is 1.94. The molecule has 0 unspecified atom stereocenters. The largest absolute Gasteiger partial charge is 0.478 e. The van der Waals surface area contributed by atoms with E-state index in [-0.39, 0.29) is 11.5 Å². The lowest BCUT2D eigenvalue weighted by molar-refractivity contribution is -0.131. The Morgan fingerprint density at radius 1 is 0.815 bits per heavy atom. The van der Waals surface area contributed by atoms with Crippen molar-refractivity contribution >= 4 is 34.5 Å². The van der Waals surface area contributed by atoms with Gasteiger partial charge in [0.1, 0.15) is 11.5 Å². The predicted octanol–water partition coefficient (Wildman–Crippen LogP) is 2.58. The molecule has 0 radical (unpaired) electrons. The molecule has 0 amide bonds. The monoisotopic (exact) mass is 390 g/mol. The number of ether oxygens (including phenoxy) is 1. The van der Waals surface area contributed by atoms with Crippen LogP contribution in [0, 0.1) is 0 Å². The summed E-state index contributed by atoms with van der Waals surface area (Å²) >= 11 is 0. The second-order valence-corrected chi connectivity index (χ2v) is 6.10. The van der Waals surface area contributed by atoms with Crippen molar-refractivity contribution in [2.24, 2.45) is 0 Å². The molecular weight excluding hydrogens is 376 g/mol. The van der Waals surface area contributed by atoms with Crippen LogP contribution >= 0.6 is 0 Å². The van der Waals surface area contributed by atoms with E-state index in [1.165, 1.54) is 54.6 Å². The average Bonchev–Trinajstić information content (AvgIpc) is 2.59. The van der Waals surface area contributed by atoms with Crippen LogP contribution in [0.15, 0.2) is 60.7 Å². The minimum Gasteiger partial charge on any atom is -0.478 e. The van der Waals surface area contributed by atoms with Crippen molar-refractivity contribution in [3.05, 3.63) is 71.8 Å². The smallest absolute Gasteiger partial charge is 0.446 e. The van der Waals surface area contributed by atoms with Crippen molar-refractivity contribution < 1.29 is 36.6 Å². The Kier molecular flexibility index (Phi) is 6.47. The molecule has 0 bridgehead atoms. The highest BCUT2D eigenvalue weighted by Gasteiger charge is 2.06. The van der Waals surface area contributed by atoms with Crippen molar-refractivity contribution in [3.8, 4) is 11.5 Å². The van der Waals surface area contributed by atoms with E-state index in [4.69, 9.17) is 14.4 Å². The first-order chi connectivity index (χ1) is 12.7. The van der Waals surface area contributed by atoms with Crippen LogP contribution in [0.5, 0.6) is 11.5 Å². The molecule has 0 saturated carbocycles. The zero-order valence-electron chi connectivity index (χ0n) is 13.7. The van der Waals surface area contributed by atoms with Gasteiger partial charge in [0.05, 0.1) is 0 Å². The number of aliphatic carboxylic acids is 1. The number of carbonyl (C=O) groups excluding carboxylic acids is 1. The Bertz CT molecular complexity index is 971. The second kappa shape index (κ2) is 8.79. The van der Waals surface area contributed by atoms with E-state index in [0.717, 1.165) is 6.08 Å². The summed E-state index contributed by atoms with van der Waals surface area (Å²) in [6, 6.07) is 11.8. The van der Waals surface area contributed by atoms with Crippen LogP contribution < -0.4 is 8.92 Å². The maximum absolute atomic E-state index is 11.8. The topological polar surface area (TPSA) is 127 Å². The minimum atomic E-state index is -4.59. The highest BCUT2D eigenvalue weighted by atomic mass is 32.3. The van der Waals surface area contributed by atoms with Gasteiger partial charge in [-0.1, -0.05) is 24.3 Å². The zero-order chi connectivity index (χ0) is 19.9. The predicted molar refractivity (Wildman–Crippen MR) is 96.4 cm³/mol. The van der Waals surface area contributed by atoms with Gasteiger partial charge in [-0.15, -0.1) is 0 Å². The highest BCUT2D eigenvalue weighted by Crippen LogP contribution is 2.16. The van der Waals surface area contributed by atoms with Crippen molar-refractivity contribution in [3.63, 3.8) is 0 Å². The molecule has 0 fully saturated rings. The van der Waals surface area contributed by atoms with Crippen LogP contribution in [-0.2, 0) is 20.0 Å². The van der Waals surface area contributed by atoms with E-state index in [1.807, 2.05) is 0 Å². The van der Waals surface area contributed by atoms with Gasteiger partial charge < -0.3 is 14.0 Å². The van der Waals surface area contributed by atoms with Crippen LogP contribution in [0.3, 0.4) is 0 Å². The number of esters is 1. The van der Waals surface area contributed by atoms with Crippen LogP contribution in [0.4, 0.5) is 0 Å². The molecule has 0 heterocycles. The number of hydrogen-bond acceptors (Lipinski definition) is 6. The molecule has 0 spiro atoms. The van der Waals surface area contributed by atoms with Crippen molar-refractivity contribution in [1.29, 1.82) is 0 Å². The molecule has 0 aliphatic heterocycles. The van der Waals surface area contributed by atoms with Gasteiger partial charge in [-0.3, -0.25) is 4.55 Å². The van der Waals surface area contributed by atoms with E-state index in [0.29, 0.717) is 11.1 Å². The molecule has 0 saturated heterocycles. The lowest BCUT2D eigenvalue weighted by Crippen LogP contribution is -2.06. The van der Waals surface area contributed by atoms with Gasteiger partial charge in [-0.05, 0) is 47.5 Å². The summed E-state index contributed by atoms with van der Waals surface area (Å²) in [5, 5.41) is 8.56. The zero-order valence-corrected chi connectivity index (χ0v) is 14.5. The molecule has 0 atom stereocenters. The average molecular weight is 390 g/mol. The molecule has 2 N–H and O–H groups in total. The number of hydrogen-bond donors (Lipinski definition) is 2. The fourth-order valence-electron chi connectivity index (χ4n) is 1.89. The summed E-state index contributed by atoms with van der Waals surface area (Å²) in [6.07, 6.45) is 5.03. The minimum absolute atomic E-state index is 0.0748. The summed E-state index contributed by atoms with van der Waals surface area (Å²) in [5.74, 6) is -1.49. The molecule has 0 aliphatic carbocycles. The molecule has 2 rings (SSSR count). The molecule has 140 valence electrons. The lowest BCUT2D eigenvalue weighted by atomic mass is 10.2.